The van der Waals surface area contributed by atoms with Crippen molar-refractivity contribution in [2.24, 2.45) is 10.2 Å². The number of nitrogens with one attached hydrogen (secondary N) is 2. The number of aromatic nitrogens is 1. The van der Waals surface area contributed by atoms with Gasteiger partial charge in [-0.15, -0.1) is 10.2 Å². The molecule has 2 atom stereocenters. The minimum atomic E-state index is -0.375. The Morgan fingerprint density at radius 1 is 1.41 bits per heavy atom. The van der Waals surface area contributed by atoms with Gasteiger partial charge in [0.1, 0.15) is 6.04 Å². The van der Waals surface area contributed by atoms with Crippen molar-refractivity contribution in [2.75, 3.05) is 0 Å². The molecule has 1 amide bonds. The summed E-state index contributed by atoms with van der Waals surface area (Å²) in [5.41, 5.74) is 7.08. The number of azo groups is 1. The van der Waals surface area contributed by atoms with E-state index in [1.54, 1.807) is 4.57 Å². The Labute approximate surface area is 128 Å². The molecule has 1 aliphatic rings. The maximum Gasteiger partial charge on any atom is 0.282 e. The largest absolute Gasteiger partial charge is 0.493 e. The Morgan fingerprint density at radius 2 is 2.18 bits per heavy atom. The fourth-order valence-electron chi connectivity index (χ4n) is 2.74. The molecule has 2 unspecified atom stereocenters. The van der Waals surface area contributed by atoms with Crippen LogP contribution in [0.15, 0.2) is 34.5 Å². The summed E-state index contributed by atoms with van der Waals surface area (Å²) in [4.78, 5) is 12.0. The molecule has 7 nitrogen and oxygen atoms in total. The fraction of sp³-hybridized carbons (Fsp3) is 0.400. The topological polar surface area (TPSA) is 91.0 Å². The second-order valence-electron chi connectivity index (χ2n) is 5.45. The van der Waals surface area contributed by atoms with Crippen LogP contribution in [-0.2, 0) is 11.3 Å². The summed E-state index contributed by atoms with van der Waals surface area (Å²) in [5, 5.41) is 18.9. The van der Waals surface area contributed by atoms with E-state index in [4.69, 9.17) is 0 Å². The van der Waals surface area contributed by atoms with Crippen molar-refractivity contribution in [1.29, 1.82) is 0 Å². The highest BCUT2D eigenvalue weighted by molar-refractivity contribution is 5.95. The van der Waals surface area contributed by atoms with Gasteiger partial charge < -0.3 is 9.67 Å². The maximum atomic E-state index is 12.0. The third-order valence-corrected chi connectivity index (χ3v) is 3.87. The number of aromatic hydroxyl groups is 1. The van der Waals surface area contributed by atoms with E-state index >= 15 is 0 Å². The average molecular weight is 301 g/mol. The molecule has 7 heteroatoms. The number of para-hydroxylation sites is 1. The van der Waals surface area contributed by atoms with Crippen LogP contribution in [0.25, 0.3) is 10.9 Å². The predicted molar refractivity (Wildman–Crippen MR) is 82.9 cm³/mol. The number of hydrogen-bond acceptors (Lipinski definition) is 5. The van der Waals surface area contributed by atoms with Gasteiger partial charge in [-0.05, 0) is 26.3 Å². The molecule has 0 spiro atoms. The van der Waals surface area contributed by atoms with Gasteiger partial charge in [-0.2, -0.15) is 0 Å². The molecule has 1 aromatic heterocycles. The van der Waals surface area contributed by atoms with Gasteiger partial charge in [0.05, 0.1) is 5.52 Å². The number of fused-ring (bicyclic) bond motifs is 1. The lowest BCUT2D eigenvalue weighted by Gasteiger charge is -2.02. The summed E-state index contributed by atoms with van der Waals surface area (Å²) in [6, 6.07) is 7.38. The van der Waals surface area contributed by atoms with E-state index in [0.29, 0.717) is 18.7 Å². The summed E-state index contributed by atoms with van der Waals surface area (Å²) in [6.07, 6.45) is 0.667. The third-order valence-electron chi connectivity index (χ3n) is 3.87. The zero-order valence-corrected chi connectivity index (χ0v) is 12.6. The standard InChI is InChI=1S/C15H19N5O2/c1-3-20-12-7-5-4-6-10(12)13(15(20)22)18-19-14(21)11-8-9(2)16-17-11/h4-7,9,11,16-17,22H,3,8H2,1-2H3. The van der Waals surface area contributed by atoms with Gasteiger partial charge in [-0.1, -0.05) is 18.2 Å². The van der Waals surface area contributed by atoms with Crippen LogP contribution in [0, 0.1) is 0 Å². The third kappa shape index (κ3) is 2.49. The smallest absolute Gasteiger partial charge is 0.282 e. The minimum absolute atomic E-state index is 0.0334. The number of carbonyl (C=O) groups excluding carboxylic acids is 1. The molecule has 0 radical (unpaired) electrons. The number of hydrogen-bond donors (Lipinski definition) is 3. The van der Waals surface area contributed by atoms with E-state index in [0.717, 1.165) is 10.9 Å². The summed E-state index contributed by atoms with van der Waals surface area (Å²) in [5.74, 6) is -0.310. The Bertz CT molecular complexity index is 737. The number of amides is 1. The van der Waals surface area contributed by atoms with E-state index in [1.807, 2.05) is 38.1 Å². The average Bonchev–Trinajstić information content (AvgIpc) is 3.06. The number of benzene rings is 1. The fourth-order valence-corrected chi connectivity index (χ4v) is 2.74. The zero-order valence-electron chi connectivity index (χ0n) is 12.6. The van der Waals surface area contributed by atoms with Crippen LogP contribution in [0.2, 0.25) is 0 Å². The van der Waals surface area contributed by atoms with Crippen molar-refractivity contribution in [3.05, 3.63) is 24.3 Å². The van der Waals surface area contributed by atoms with Crippen LogP contribution < -0.4 is 10.9 Å². The number of rotatable bonds is 3. The van der Waals surface area contributed by atoms with Crippen molar-refractivity contribution < 1.29 is 9.90 Å². The highest BCUT2D eigenvalue weighted by atomic mass is 16.3. The van der Waals surface area contributed by atoms with E-state index in [-0.39, 0.29) is 23.9 Å². The van der Waals surface area contributed by atoms with Gasteiger partial charge in [0.25, 0.3) is 5.91 Å². The Morgan fingerprint density at radius 3 is 2.86 bits per heavy atom. The number of hydrazine groups is 1. The molecule has 22 heavy (non-hydrogen) atoms. The van der Waals surface area contributed by atoms with Crippen LogP contribution >= 0.6 is 0 Å². The predicted octanol–water partition coefficient (Wildman–Crippen LogP) is 2.23. The Kier molecular flexibility index (Phi) is 3.91. The summed E-state index contributed by atoms with van der Waals surface area (Å²) >= 11 is 0. The highest BCUT2D eigenvalue weighted by Gasteiger charge is 2.26. The van der Waals surface area contributed by atoms with Gasteiger partial charge in [0, 0.05) is 18.0 Å². The maximum absolute atomic E-state index is 12.0. The molecule has 3 rings (SSSR count). The lowest BCUT2D eigenvalue weighted by atomic mass is 10.1. The van der Waals surface area contributed by atoms with E-state index in [2.05, 4.69) is 21.1 Å². The second-order valence-corrected chi connectivity index (χ2v) is 5.45. The lowest BCUT2D eigenvalue weighted by Crippen LogP contribution is -2.36. The summed E-state index contributed by atoms with van der Waals surface area (Å²) in [6.45, 7) is 4.54. The van der Waals surface area contributed by atoms with Gasteiger partial charge >= 0.3 is 0 Å². The molecule has 3 N–H and O–H groups in total. The van der Waals surface area contributed by atoms with E-state index in [1.165, 1.54) is 0 Å². The van der Waals surface area contributed by atoms with E-state index < -0.39 is 0 Å². The lowest BCUT2D eigenvalue weighted by molar-refractivity contribution is -0.120. The van der Waals surface area contributed by atoms with Crippen LogP contribution in [0.1, 0.15) is 20.3 Å². The van der Waals surface area contributed by atoms with Gasteiger partial charge in [-0.3, -0.25) is 10.2 Å². The van der Waals surface area contributed by atoms with E-state index in [9.17, 15) is 9.90 Å². The first-order chi connectivity index (χ1) is 10.6. The molecular weight excluding hydrogens is 282 g/mol. The van der Waals surface area contributed by atoms with Crippen LogP contribution in [0.5, 0.6) is 5.88 Å². The number of aryl methyl sites for hydroxylation is 1. The number of carbonyl (C=O) groups is 1. The minimum Gasteiger partial charge on any atom is -0.493 e. The summed E-state index contributed by atoms with van der Waals surface area (Å²) < 4.78 is 1.74. The monoisotopic (exact) mass is 301 g/mol. The second kappa shape index (κ2) is 5.86. The molecule has 1 saturated heterocycles. The van der Waals surface area contributed by atoms with Gasteiger partial charge in [-0.25, -0.2) is 5.43 Å². The molecule has 116 valence electrons. The molecule has 2 aromatic rings. The van der Waals surface area contributed by atoms with Crippen molar-refractivity contribution in [2.45, 2.75) is 38.9 Å². The van der Waals surface area contributed by atoms with Gasteiger partial charge in [0.2, 0.25) is 5.88 Å². The highest BCUT2D eigenvalue weighted by Crippen LogP contribution is 2.38. The molecule has 0 aliphatic carbocycles. The normalized spacial score (nSPS) is 21.9. The Balaban J connectivity index is 1.92. The summed E-state index contributed by atoms with van der Waals surface area (Å²) in [7, 11) is 0. The molecule has 0 saturated carbocycles. The Hall–Kier alpha value is -2.25. The van der Waals surface area contributed by atoms with Crippen molar-refractivity contribution in [3.63, 3.8) is 0 Å². The zero-order chi connectivity index (χ0) is 15.7. The van der Waals surface area contributed by atoms with Crippen LogP contribution in [-0.4, -0.2) is 27.7 Å². The van der Waals surface area contributed by atoms with Crippen LogP contribution in [0.3, 0.4) is 0 Å². The molecular formula is C15H19N5O2. The molecule has 0 bridgehead atoms. The van der Waals surface area contributed by atoms with Crippen LogP contribution in [0.4, 0.5) is 5.69 Å². The first-order valence-corrected chi connectivity index (χ1v) is 7.38. The van der Waals surface area contributed by atoms with Gasteiger partial charge in [0.15, 0.2) is 5.69 Å². The van der Waals surface area contributed by atoms with Crippen molar-refractivity contribution in [3.8, 4) is 5.88 Å². The first kappa shape index (κ1) is 14.7. The van der Waals surface area contributed by atoms with Crippen molar-refractivity contribution in [1.82, 2.24) is 15.4 Å². The quantitative estimate of drug-likeness (QED) is 0.758. The molecule has 2 heterocycles. The first-order valence-electron chi connectivity index (χ1n) is 7.38. The SMILES string of the molecule is CCn1c(O)c(N=NC(=O)C2CC(C)NN2)c2ccccc21. The molecule has 1 aliphatic heterocycles. The molecule has 1 aromatic carbocycles. The number of nitrogens with zero attached hydrogens (tertiary/aromatic N) is 3. The molecule has 1 fully saturated rings. The van der Waals surface area contributed by atoms with Crippen molar-refractivity contribution >= 4 is 22.5 Å².